The minimum Gasteiger partial charge on any atom is -0.381 e. The van der Waals surface area contributed by atoms with E-state index in [4.69, 9.17) is 24.6 Å². The minimum absolute atomic E-state index is 0. The van der Waals surface area contributed by atoms with Crippen LogP contribution in [-0.4, -0.2) is 37.7 Å². The number of halogens is 2. The van der Waals surface area contributed by atoms with Crippen LogP contribution in [0.25, 0.3) is 0 Å². The topological polar surface area (TPSA) is 12.5 Å². The van der Waals surface area contributed by atoms with Crippen molar-refractivity contribution in [3.05, 3.63) is 34.9 Å². The van der Waals surface area contributed by atoms with Gasteiger partial charge in [0.15, 0.2) is 0 Å². The lowest BCUT2D eigenvalue weighted by Crippen LogP contribution is -2.31. The largest absolute Gasteiger partial charge is 0.381 e. The Labute approximate surface area is 148 Å². The lowest BCUT2D eigenvalue weighted by Gasteiger charge is -2.26. The van der Waals surface area contributed by atoms with E-state index in [1.165, 1.54) is 4.90 Å². The molecule has 21 heavy (non-hydrogen) atoms. The second-order valence-electron chi connectivity index (χ2n) is 4.97. The van der Waals surface area contributed by atoms with Gasteiger partial charge in [-0.05, 0) is 62.8 Å². The van der Waals surface area contributed by atoms with Gasteiger partial charge >= 0.3 is 0 Å². The number of hydrogen-bond donors (Lipinski definition) is 0. The molecule has 0 aliphatic carbocycles. The molecule has 1 fully saturated rings. The van der Waals surface area contributed by atoms with Crippen molar-refractivity contribution in [1.29, 1.82) is 0 Å². The number of likely N-dealkylation sites (tertiary alicyclic amines) is 1. The van der Waals surface area contributed by atoms with E-state index in [-0.39, 0.29) is 19.0 Å². The third-order valence-electron chi connectivity index (χ3n) is 3.32. The number of aryl methyl sites for hydroxylation is 1. The molecule has 0 atom stereocenters. The summed E-state index contributed by atoms with van der Waals surface area (Å²) in [6.45, 7) is -4.30. The van der Waals surface area contributed by atoms with Gasteiger partial charge in [0.05, 0.1) is 2.74 Å². The van der Waals surface area contributed by atoms with Crippen LogP contribution in [0.1, 0.15) is 45.8 Å². The molecule has 1 aliphatic heterocycles. The van der Waals surface area contributed by atoms with Crippen molar-refractivity contribution in [2.24, 2.45) is 0 Å². The Kier molecular flexibility index (Phi) is 6.08. The van der Waals surface area contributed by atoms with Gasteiger partial charge < -0.3 is 9.64 Å². The predicted octanol–water partition coefficient (Wildman–Crippen LogP) is 4.59. The molecule has 2 rings (SSSR count). The molecule has 0 bridgehead atoms. The summed E-state index contributed by atoms with van der Waals surface area (Å²) in [6, 6.07) is 7.32. The van der Waals surface area contributed by atoms with Gasteiger partial charge in [-0.25, -0.2) is 0 Å². The van der Waals surface area contributed by atoms with E-state index >= 15 is 0 Å². The highest BCUT2D eigenvalue weighted by atomic mass is 35.5. The summed E-state index contributed by atoms with van der Waals surface area (Å²) in [6.07, 6.45) is 0.932. The van der Waals surface area contributed by atoms with Crippen molar-refractivity contribution in [3.63, 3.8) is 0 Å². The fourth-order valence-electron chi connectivity index (χ4n) is 2.19. The first-order chi connectivity index (χ1) is 12.1. The van der Waals surface area contributed by atoms with E-state index in [9.17, 15) is 0 Å². The predicted molar refractivity (Wildman–Crippen MR) is 92.7 cm³/mol. The van der Waals surface area contributed by atoms with Gasteiger partial charge in [0.25, 0.3) is 0 Å². The summed E-state index contributed by atoms with van der Waals surface area (Å²) in [5, 5.41) is 0.648. The van der Waals surface area contributed by atoms with E-state index in [1.54, 1.807) is 12.1 Å². The van der Waals surface area contributed by atoms with Gasteiger partial charge in [-0.2, -0.15) is 0 Å². The van der Waals surface area contributed by atoms with E-state index < -0.39 is 19.4 Å². The maximum atomic E-state index is 8.20. The van der Waals surface area contributed by atoms with Gasteiger partial charge in [-0.1, -0.05) is 30.2 Å². The van der Waals surface area contributed by atoms with Crippen LogP contribution in [0, 0.1) is 0 Å². The highest BCUT2D eigenvalue weighted by Gasteiger charge is 2.08. The van der Waals surface area contributed by atoms with Gasteiger partial charge in [-0.3, -0.25) is 0 Å². The maximum Gasteiger partial charge on any atom is 0.0567 e. The van der Waals surface area contributed by atoms with Crippen LogP contribution in [-0.2, 0) is 11.2 Å². The second kappa shape index (κ2) is 11.3. The molecule has 1 aromatic carbocycles. The number of hydrogen-bond acceptors (Lipinski definition) is 2. The zero-order valence-corrected chi connectivity index (χ0v) is 13.7. The Morgan fingerprint density at radius 1 is 1.14 bits per heavy atom. The standard InChI is InChI=1S/C17H26ClNO.ClH/c18-17-9-7-16(8-10-17)6-4-14-20-15-5-13-19-11-2-1-3-12-19;/h7-10H,1-6,11-15H2;1H/i5D2,13D2,15D2;. The third kappa shape index (κ3) is 8.06. The molecule has 120 valence electrons. The molecule has 1 aromatic rings. The van der Waals surface area contributed by atoms with Crippen LogP contribution < -0.4 is 0 Å². The van der Waals surface area contributed by atoms with Crippen LogP contribution >= 0.6 is 24.0 Å². The molecule has 0 spiro atoms. The van der Waals surface area contributed by atoms with E-state index in [2.05, 4.69) is 0 Å². The molecule has 0 amide bonds. The first kappa shape index (κ1) is 11.3. The highest BCUT2D eigenvalue weighted by Crippen LogP contribution is 2.11. The highest BCUT2D eigenvalue weighted by molar-refractivity contribution is 6.30. The molecule has 0 aromatic heterocycles. The fourth-order valence-corrected chi connectivity index (χ4v) is 2.32. The molecule has 0 saturated carbocycles. The summed E-state index contributed by atoms with van der Waals surface area (Å²) >= 11 is 5.83. The first-order valence-corrected chi connectivity index (χ1v) is 7.59. The zero-order chi connectivity index (χ0) is 19.4. The van der Waals surface area contributed by atoms with Crippen LogP contribution in [0.15, 0.2) is 24.3 Å². The van der Waals surface area contributed by atoms with E-state index in [1.807, 2.05) is 12.1 Å². The molecule has 4 heteroatoms. The zero-order valence-electron chi connectivity index (χ0n) is 18.1. The van der Waals surface area contributed by atoms with Crippen molar-refractivity contribution in [3.8, 4) is 0 Å². The second-order valence-corrected chi connectivity index (χ2v) is 5.40. The third-order valence-corrected chi connectivity index (χ3v) is 3.57. The molecular formula is C17H27Cl2NO. The molecule has 2 nitrogen and oxygen atoms in total. The lowest BCUT2D eigenvalue weighted by atomic mass is 10.1. The summed E-state index contributed by atoms with van der Waals surface area (Å²) in [5.74, 6) is 0. The Hall–Kier alpha value is -0.280. The quantitative estimate of drug-likeness (QED) is 0.643. The summed E-state index contributed by atoms with van der Waals surface area (Å²) in [7, 11) is 0. The SMILES string of the molecule is Cl.[2H]C([2H])(OCCCc1ccc(Cl)cc1)C([2H])([2H])C([2H])([2H])N1CCCCC1. The van der Waals surface area contributed by atoms with Crippen LogP contribution in [0.3, 0.4) is 0 Å². The number of piperidine rings is 1. The smallest absolute Gasteiger partial charge is 0.0567 e. The summed E-state index contributed by atoms with van der Waals surface area (Å²) in [5.41, 5.74) is 1.03. The molecular weight excluding hydrogens is 305 g/mol. The number of nitrogens with zero attached hydrogens (tertiary/aromatic N) is 1. The molecule has 1 heterocycles. The van der Waals surface area contributed by atoms with Gasteiger partial charge in [0, 0.05) is 30.2 Å². The van der Waals surface area contributed by atoms with Crippen LogP contribution in [0.2, 0.25) is 5.02 Å². The molecule has 1 aliphatic rings. The van der Waals surface area contributed by atoms with Crippen molar-refractivity contribution < 1.29 is 13.0 Å². The van der Waals surface area contributed by atoms with Crippen LogP contribution in [0.4, 0.5) is 0 Å². The van der Waals surface area contributed by atoms with Crippen molar-refractivity contribution in [2.75, 3.05) is 32.8 Å². The van der Waals surface area contributed by atoms with Crippen LogP contribution in [0.5, 0.6) is 0 Å². The summed E-state index contributed by atoms with van der Waals surface area (Å²) in [4.78, 5) is 1.39. The van der Waals surface area contributed by atoms with Gasteiger partial charge in [0.1, 0.15) is 0 Å². The maximum absolute atomic E-state index is 8.20. The Bertz CT molecular complexity index is 579. The average molecular weight is 338 g/mol. The first-order valence-electron chi connectivity index (χ1n) is 10.2. The van der Waals surface area contributed by atoms with E-state index in [0.29, 0.717) is 31.0 Å². The normalized spacial score (nSPS) is 22.0. The van der Waals surface area contributed by atoms with Crippen molar-refractivity contribution >= 4 is 24.0 Å². The molecule has 0 N–H and O–H groups in total. The fraction of sp³-hybridized carbons (Fsp3) is 0.647. The Morgan fingerprint density at radius 2 is 1.86 bits per heavy atom. The van der Waals surface area contributed by atoms with E-state index in [0.717, 1.165) is 24.8 Å². The molecule has 1 saturated heterocycles. The number of benzene rings is 1. The molecule has 0 unspecified atom stereocenters. The number of ether oxygens (including phenoxy) is 1. The summed E-state index contributed by atoms with van der Waals surface area (Å²) < 4.78 is 53.8. The van der Waals surface area contributed by atoms with Gasteiger partial charge in [-0.15, -0.1) is 12.4 Å². The monoisotopic (exact) mass is 337 g/mol. The molecule has 0 radical (unpaired) electrons. The van der Waals surface area contributed by atoms with Crippen molar-refractivity contribution in [2.45, 2.75) is 38.5 Å². The number of rotatable bonds is 8. The Balaban J connectivity index is 0.00000364. The minimum atomic E-state index is -2.79. The lowest BCUT2D eigenvalue weighted by molar-refractivity contribution is 0.115. The average Bonchev–Trinajstić information content (AvgIpc) is 2.60. The van der Waals surface area contributed by atoms with Crippen molar-refractivity contribution in [1.82, 2.24) is 4.90 Å². The van der Waals surface area contributed by atoms with Gasteiger partial charge in [0.2, 0.25) is 0 Å². The Morgan fingerprint density at radius 3 is 2.57 bits per heavy atom.